The summed E-state index contributed by atoms with van der Waals surface area (Å²) in [6.45, 7) is 0. The summed E-state index contributed by atoms with van der Waals surface area (Å²) < 4.78 is 7.99. The Bertz CT molecular complexity index is 793. The summed E-state index contributed by atoms with van der Waals surface area (Å²) in [5.41, 5.74) is 3.77. The lowest BCUT2D eigenvalue weighted by Crippen LogP contribution is -2.02. The van der Waals surface area contributed by atoms with Gasteiger partial charge in [-0.3, -0.25) is 4.40 Å². The number of ether oxygens (including phenoxy) is 1. The molecular formula is C16H15ClN2OS. The van der Waals surface area contributed by atoms with Crippen molar-refractivity contribution < 1.29 is 4.74 Å². The molecule has 2 aromatic heterocycles. The Balaban J connectivity index is 1.69. The molecule has 4 rings (SSSR count). The molecule has 108 valence electrons. The van der Waals surface area contributed by atoms with Crippen LogP contribution in [0.15, 0.2) is 29.8 Å². The van der Waals surface area contributed by atoms with E-state index in [1.165, 1.54) is 30.4 Å². The van der Waals surface area contributed by atoms with E-state index in [4.69, 9.17) is 16.3 Å². The highest BCUT2D eigenvalue weighted by Crippen LogP contribution is 2.31. The molecule has 0 amide bonds. The van der Waals surface area contributed by atoms with Crippen LogP contribution in [-0.2, 0) is 18.7 Å². The standard InChI is InChI=1S/C16H15ClN2OS/c17-10-14-15(18-16-19(14)7-8-21-16)20-13-6-5-11-3-1-2-4-12(11)9-13/h5-9H,1-4,10H2. The normalized spacial score (nSPS) is 14.3. The lowest BCUT2D eigenvalue weighted by molar-refractivity contribution is 0.460. The van der Waals surface area contributed by atoms with Crippen molar-refractivity contribution in [1.29, 1.82) is 0 Å². The number of thiazole rings is 1. The molecule has 3 aromatic rings. The Morgan fingerprint density at radius 2 is 2.10 bits per heavy atom. The molecule has 0 aliphatic heterocycles. The minimum atomic E-state index is 0.387. The lowest BCUT2D eigenvalue weighted by atomic mass is 9.92. The monoisotopic (exact) mass is 318 g/mol. The summed E-state index contributed by atoms with van der Waals surface area (Å²) in [5.74, 6) is 1.86. The number of aromatic nitrogens is 2. The Labute approximate surface area is 132 Å². The van der Waals surface area contributed by atoms with Crippen LogP contribution in [0.1, 0.15) is 29.7 Å². The van der Waals surface area contributed by atoms with Crippen LogP contribution in [-0.4, -0.2) is 9.38 Å². The predicted octanol–water partition coefficient (Wildman–Crippen LogP) is 4.81. The van der Waals surface area contributed by atoms with Crippen LogP contribution in [0.3, 0.4) is 0 Å². The van der Waals surface area contributed by atoms with Crippen molar-refractivity contribution in [3.63, 3.8) is 0 Å². The van der Waals surface area contributed by atoms with Gasteiger partial charge in [0.05, 0.1) is 5.88 Å². The largest absolute Gasteiger partial charge is 0.437 e. The summed E-state index contributed by atoms with van der Waals surface area (Å²) >= 11 is 7.64. The first-order chi connectivity index (χ1) is 10.3. The van der Waals surface area contributed by atoms with E-state index in [-0.39, 0.29) is 0 Å². The van der Waals surface area contributed by atoms with E-state index < -0.39 is 0 Å². The topological polar surface area (TPSA) is 26.5 Å². The summed E-state index contributed by atoms with van der Waals surface area (Å²) in [6.07, 6.45) is 6.87. The van der Waals surface area contributed by atoms with Gasteiger partial charge in [0, 0.05) is 11.6 Å². The van der Waals surface area contributed by atoms with Crippen LogP contribution in [0.4, 0.5) is 0 Å². The maximum absolute atomic E-state index is 6.05. The highest BCUT2D eigenvalue weighted by Gasteiger charge is 2.16. The number of imidazole rings is 1. The van der Waals surface area contributed by atoms with Crippen molar-refractivity contribution in [2.45, 2.75) is 31.6 Å². The van der Waals surface area contributed by atoms with Gasteiger partial charge in [-0.15, -0.1) is 22.9 Å². The second-order valence-corrected chi connectivity index (χ2v) is 6.43. The van der Waals surface area contributed by atoms with E-state index in [2.05, 4.69) is 17.1 Å². The van der Waals surface area contributed by atoms with Crippen LogP contribution < -0.4 is 4.74 Å². The third kappa shape index (κ3) is 2.32. The quantitative estimate of drug-likeness (QED) is 0.648. The van der Waals surface area contributed by atoms with Crippen LogP contribution in [0.2, 0.25) is 0 Å². The average Bonchev–Trinajstić information content (AvgIpc) is 3.07. The summed E-state index contributed by atoms with van der Waals surface area (Å²) in [7, 11) is 0. The van der Waals surface area contributed by atoms with Gasteiger partial charge in [0.2, 0.25) is 5.88 Å². The van der Waals surface area contributed by atoms with Gasteiger partial charge in [0.25, 0.3) is 0 Å². The molecule has 0 saturated heterocycles. The molecule has 0 bridgehead atoms. The number of hydrogen-bond donors (Lipinski definition) is 0. The van der Waals surface area contributed by atoms with E-state index >= 15 is 0 Å². The van der Waals surface area contributed by atoms with Gasteiger partial charge in [-0.05, 0) is 48.9 Å². The van der Waals surface area contributed by atoms with Gasteiger partial charge in [0.1, 0.15) is 11.4 Å². The molecule has 5 heteroatoms. The van der Waals surface area contributed by atoms with Crippen LogP contribution in [0, 0.1) is 0 Å². The maximum atomic E-state index is 6.05. The number of fused-ring (bicyclic) bond motifs is 2. The number of alkyl halides is 1. The van der Waals surface area contributed by atoms with Crippen molar-refractivity contribution in [3.05, 3.63) is 46.6 Å². The number of rotatable bonds is 3. The fourth-order valence-corrected chi connectivity index (χ4v) is 3.87. The summed E-state index contributed by atoms with van der Waals surface area (Å²) in [6, 6.07) is 6.37. The molecular weight excluding hydrogens is 304 g/mol. The smallest absolute Gasteiger partial charge is 0.243 e. The highest BCUT2D eigenvalue weighted by atomic mass is 35.5. The molecule has 0 N–H and O–H groups in total. The Hall–Kier alpha value is -1.52. The number of halogens is 1. The van der Waals surface area contributed by atoms with E-state index in [9.17, 15) is 0 Å². The zero-order valence-corrected chi connectivity index (χ0v) is 13.1. The van der Waals surface area contributed by atoms with Crippen molar-refractivity contribution >= 4 is 27.9 Å². The summed E-state index contributed by atoms with van der Waals surface area (Å²) in [4.78, 5) is 5.44. The van der Waals surface area contributed by atoms with Crippen molar-refractivity contribution in [1.82, 2.24) is 9.38 Å². The third-order valence-corrected chi connectivity index (χ3v) is 5.00. The predicted molar refractivity (Wildman–Crippen MR) is 85.8 cm³/mol. The van der Waals surface area contributed by atoms with Crippen molar-refractivity contribution in [3.8, 4) is 11.6 Å². The van der Waals surface area contributed by atoms with Crippen molar-refractivity contribution in [2.75, 3.05) is 0 Å². The molecule has 1 aliphatic rings. The van der Waals surface area contributed by atoms with Gasteiger partial charge in [0.15, 0.2) is 4.96 Å². The van der Waals surface area contributed by atoms with Gasteiger partial charge in [-0.1, -0.05) is 6.07 Å². The molecule has 0 saturated carbocycles. The van der Waals surface area contributed by atoms with Crippen LogP contribution in [0.25, 0.3) is 4.96 Å². The number of nitrogens with zero attached hydrogens (tertiary/aromatic N) is 2. The van der Waals surface area contributed by atoms with Gasteiger partial charge < -0.3 is 4.74 Å². The SMILES string of the molecule is ClCc1c(Oc2ccc3c(c2)CCCC3)nc2sccn12. The van der Waals surface area contributed by atoms with Crippen molar-refractivity contribution in [2.24, 2.45) is 0 Å². The Morgan fingerprint density at radius 3 is 2.95 bits per heavy atom. The number of benzene rings is 1. The second-order valence-electron chi connectivity index (χ2n) is 5.29. The molecule has 1 aromatic carbocycles. The molecule has 21 heavy (non-hydrogen) atoms. The zero-order valence-electron chi connectivity index (χ0n) is 11.5. The highest BCUT2D eigenvalue weighted by molar-refractivity contribution is 7.15. The fourth-order valence-electron chi connectivity index (χ4n) is 2.90. The molecule has 1 aliphatic carbocycles. The van der Waals surface area contributed by atoms with Crippen LogP contribution >= 0.6 is 22.9 Å². The first-order valence-electron chi connectivity index (χ1n) is 7.15. The summed E-state index contributed by atoms with van der Waals surface area (Å²) in [5, 5.41) is 2.00. The molecule has 0 radical (unpaired) electrons. The molecule has 0 spiro atoms. The van der Waals surface area contributed by atoms with Crippen LogP contribution in [0.5, 0.6) is 11.6 Å². The van der Waals surface area contributed by atoms with E-state index in [1.807, 2.05) is 22.0 Å². The Morgan fingerprint density at radius 1 is 1.24 bits per heavy atom. The lowest BCUT2D eigenvalue weighted by Gasteiger charge is -2.16. The fraction of sp³-hybridized carbons (Fsp3) is 0.312. The second kappa shape index (κ2) is 5.35. The minimum absolute atomic E-state index is 0.387. The first-order valence-corrected chi connectivity index (χ1v) is 8.56. The maximum Gasteiger partial charge on any atom is 0.243 e. The third-order valence-electron chi connectivity index (χ3n) is 3.99. The van der Waals surface area contributed by atoms with E-state index in [1.54, 1.807) is 11.3 Å². The van der Waals surface area contributed by atoms with Gasteiger partial charge in [-0.2, -0.15) is 4.98 Å². The molecule has 3 nitrogen and oxygen atoms in total. The zero-order chi connectivity index (χ0) is 14.2. The molecule has 2 heterocycles. The van der Waals surface area contributed by atoms with Gasteiger partial charge in [-0.25, -0.2) is 0 Å². The molecule has 0 fully saturated rings. The molecule has 0 atom stereocenters. The number of aryl methyl sites for hydroxylation is 2. The molecule has 0 unspecified atom stereocenters. The minimum Gasteiger partial charge on any atom is -0.437 e. The van der Waals surface area contributed by atoms with E-state index in [0.29, 0.717) is 11.8 Å². The van der Waals surface area contributed by atoms with Gasteiger partial charge >= 0.3 is 0 Å². The number of hydrogen-bond acceptors (Lipinski definition) is 3. The Kier molecular flexibility index (Phi) is 3.36. The first kappa shape index (κ1) is 13.2. The van der Waals surface area contributed by atoms with E-state index in [0.717, 1.165) is 22.8 Å². The average molecular weight is 319 g/mol.